The average Bonchev–Trinajstić information content (AvgIpc) is 3.11. The van der Waals surface area contributed by atoms with E-state index in [1.54, 1.807) is 7.11 Å². The molecule has 2 amide bonds. The van der Waals surface area contributed by atoms with Crippen molar-refractivity contribution in [2.75, 3.05) is 27.4 Å². The molecule has 0 saturated carbocycles. The van der Waals surface area contributed by atoms with Crippen molar-refractivity contribution in [1.29, 1.82) is 0 Å². The van der Waals surface area contributed by atoms with Crippen molar-refractivity contribution in [2.45, 2.75) is 39.3 Å². The first-order valence-electron chi connectivity index (χ1n) is 9.64. The molecule has 0 aromatic heterocycles. The van der Waals surface area contributed by atoms with Crippen molar-refractivity contribution in [1.82, 2.24) is 4.90 Å². The van der Waals surface area contributed by atoms with E-state index >= 15 is 0 Å². The van der Waals surface area contributed by atoms with Gasteiger partial charge in [0.15, 0.2) is 0 Å². The molecule has 0 radical (unpaired) electrons. The smallest absolute Gasteiger partial charge is 0.416 e. The lowest BCUT2D eigenvalue weighted by Gasteiger charge is -2.26. The van der Waals surface area contributed by atoms with Gasteiger partial charge in [-0.15, -0.1) is 0 Å². The van der Waals surface area contributed by atoms with Crippen LogP contribution in [0, 0.1) is 11.8 Å². The normalized spacial score (nSPS) is 17.2. The highest BCUT2D eigenvalue weighted by Crippen LogP contribution is 2.25. The Morgan fingerprint density at radius 2 is 1.90 bits per heavy atom. The summed E-state index contributed by atoms with van der Waals surface area (Å²) in [5, 5.41) is 0. The van der Waals surface area contributed by atoms with E-state index in [4.69, 9.17) is 18.9 Å². The number of carbonyl (C=O) groups excluding carboxylic acids is 3. The van der Waals surface area contributed by atoms with Gasteiger partial charge in [0.1, 0.15) is 12.4 Å². The summed E-state index contributed by atoms with van der Waals surface area (Å²) in [6.07, 6.45) is -0.489. The maximum absolute atomic E-state index is 13.0. The molecule has 1 aromatic rings. The third kappa shape index (κ3) is 6.19. The SMILES string of the molecule is COC(=O)C[C@@H](CCOCc1ccc(OC)cc1)C(=O)N1C(=O)OC[C@@H]1C(C)C. The number of rotatable bonds is 10. The van der Waals surface area contributed by atoms with Gasteiger partial charge in [-0.2, -0.15) is 0 Å². The predicted octanol–water partition coefficient (Wildman–Crippen LogP) is 2.78. The van der Waals surface area contributed by atoms with Crippen LogP contribution >= 0.6 is 0 Å². The Hall–Kier alpha value is -2.61. The van der Waals surface area contributed by atoms with E-state index in [1.165, 1.54) is 7.11 Å². The van der Waals surface area contributed by atoms with Crippen LogP contribution in [-0.4, -0.2) is 56.3 Å². The van der Waals surface area contributed by atoms with Crippen molar-refractivity contribution in [3.63, 3.8) is 0 Å². The van der Waals surface area contributed by atoms with Gasteiger partial charge in [-0.25, -0.2) is 9.69 Å². The second kappa shape index (κ2) is 10.8. The van der Waals surface area contributed by atoms with E-state index in [1.807, 2.05) is 38.1 Å². The van der Waals surface area contributed by atoms with Gasteiger partial charge in [0, 0.05) is 6.61 Å². The Labute approximate surface area is 171 Å². The molecule has 1 aliphatic rings. The number of methoxy groups -OCH3 is 2. The molecule has 1 fully saturated rings. The molecule has 160 valence electrons. The van der Waals surface area contributed by atoms with E-state index in [9.17, 15) is 14.4 Å². The number of cyclic esters (lactones) is 1. The monoisotopic (exact) mass is 407 g/mol. The lowest BCUT2D eigenvalue weighted by molar-refractivity contribution is -0.146. The summed E-state index contributed by atoms with van der Waals surface area (Å²) in [7, 11) is 2.87. The summed E-state index contributed by atoms with van der Waals surface area (Å²) in [5.41, 5.74) is 0.963. The quantitative estimate of drug-likeness (QED) is 0.435. The lowest BCUT2D eigenvalue weighted by Crippen LogP contribution is -2.45. The summed E-state index contributed by atoms with van der Waals surface area (Å²) in [5.74, 6) is -0.841. The number of imide groups is 1. The van der Waals surface area contributed by atoms with Crippen LogP contribution in [0.15, 0.2) is 24.3 Å². The first kappa shape index (κ1) is 22.7. The fourth-order valence-corrected chi connectivity index (χ4v) is 3.11. The number of ether oxygens (including phenoxy) is 4. The van der Waals surface area contributed by atoms with Gasteiger partial charge in [0.2, 0.25) is 5.91 Å². The van der Waals surface area contributed by atoms with Gasteiger partial charge in [0.25, 0.3) is 0 Å². The maximum Gasteiger partial charge on any atom is 0.416 e. The molecule has 2 atom stereocenters. The minimum absolute atomic E-state index is 0.0514. The molecule has 0 spiro atoms. The van der Waals surface area contributed by atoms with Gasteiger partial charge in [-0.05, 0) is 30.0 Å². The van der Waals surface area contributed by atoms with Crippen molar-refractivity contribution in [3.8, 4) is 5.75 Å². The molecule has 0 bridgehead atoms. The van der Waals surface area contributed by atoms with Crippen LogP contribution in [0.3, 0.4) is 0 Å². The van der Waals surface area contributed by atoms with E-state index in [2.05, 4.69) is 0 Å². The fourth-order valence-electron chi connectivity index (χ4n) is 3.11. The summed E-state index contributed by atoms with van der Waals surface area (Å²) in [4.78, 5) is 38.0. The van der Waals surface area contributed by atoms with Crippen LogP contribution < -0.4 is 4.74 Å². The summed E-state index contributed by atoms with van der Waals surface area (Å²) in [6, 6.07) is 7.13. The van der Waals surface area contributed by atoms with Crippen LogP contribution in [-0.2, 0) is 30.4 Å². The minimum Gasteiger partial charge on any atom is -0.497 e. The molecule has 29 heavy (non-hydrogen) atoms. The molecule has 2 rings (SSSR count). The van der Waals surface area contributed by atoms with Crippen LogP contribution in [0.25, 0.3) is 0 Å². The van der Waals surface area contributed by atoms with E-state index < -0.39 is 23.9 Å². The molecule has 1 heterocycles. The molecule has 0 N–H and O–H groups in total. The maximum atomic E-state index is 13.0. The topological polar surface area (TPSA) is 91.4 Å². The van der Waals surface area contributed by atoms with Crippen LogP contribution in [0.2, 0.25) is 0 Å². The number of carbonyl (C=O) groups is 3. The van der Waals surface area contributed by atoms with Crippen LogP contribution in [0.1, 0.15) is 32.3 Å². The van der Waals surface area contributed by atoms with Gasteiger partial charge in [-0.1, -0.05) is 26.0 Å². The van der Waals surface area contributed by atoms with Crippen molar-refractivity contribution in [3.05, 3.63) is 29.8 Å². The molecule has 1 saturated heterocycles. The third-order valence-electron chi connectivity index (χ3n) is 4.94. The Bertz CT molecular complexity index is 701. The van der Waals surface area contributed by atoms with Crippen molar-refractivity contribution < 1.29 is 33.3 Å². The highest BCUT2D eigenvalue weighted by atomic mass is 16.6. The fraction of sp³-hybridized carbons (Fsp3) is 0.571. The highest BCUT2D eigenvalue weighted by Gasteiger charge is 2.42. The summed E-state index contributed by atoms with van der Waals surface area (Å²) < 4.78 is 20.6. The number of hydrogen-bond acceptors (Lipinski definition) is 7. The Morgan fingerprint density at radius 3 is 2.48 bits per heavy atom. The summed E-state index contributed by atoms with van der Waals surface area (Å²) >= 11 is 0. The molecule has 8 heteroatoms. The standard InChI is InChI=1S/C21H29NO7/c1-14(2)18-13-29-21(25)22(18)20(24)16(11-19(23)27-4)9-10-28-12-15-5-7-17(26-3)8-6-15/h5-8,14,16,18H,9-13H2,1-4H3/t16-,18-/m1/s1. The zero-order valence-electron chi connectivity index (χ0n) is 17.4. The average molecular weight is 407 g/mol. The van der Waals surface area contributed by atoms with Crippen molar-refractivity contribution >= 4 is 18.0 Å². The summed E-state index contributed by atoms with van der Waals surface area (Å²) in [6.45, 7) is 4.62. The van der Waals surface area contributed by atoms with E-state index in [0.717, 1.165) is 16.2 Å². The Balaban J connectivity index is 1.96. The van der Waals surface area contributed by atoms with Gasteiger partial charge in [0.05, 0.1) is 39.2 Å². The van der Waals surface area contributed by atoms with Crippen molar-refractivity contribution in [2.24, 2.45) is 11.8 Å². The molecule has 0 aliphatic carbocycles. The highest BCUT2D eigenvalue weighted by molar-refractivity contribution is 5.96. The predicted molar refractivity (Wildman–Crippen MR) is 104 cm³/mol. The number of hydrogen-bond donors (Lipinski definition) is 0. The second-order valence-electron chi connectivity index (χ2n) is 7.26. The minimum atomic E-state index is -0.717. The number of benzene rings is 1. The Kier molecular flexibility index (Phi) is 8.45. The second-order valence-corrected chi connectivity index (χ2v) is 7.26. The van der Waals surface area contributed by atoms with Gasteiger partial charge < -0.3 is 18.9 Å². The molecule has 1 aromatic carbocycles. The molecule has 1 aliphatic heterocycles. The van der Waals surface area contributed by atoms with E-state index in [0.29, 0.717) is 13.0 Å². The first-order valence-corrected chi connectivity index (χ1v) is 9.64. The molecular formula is C21H29NO7. The molecular weight excluding hydrogens is 378 g/mol. The van der Waals surface area contributed by atoms with Crippen LogP contribution in [0.4, 0.5) is 4.79 Å². The van der Waals surface area contributed by atoms with Gasteiger partial charge in [-0.3, -0.25) is 9.59 Å². The number of nitrogens with zero attached hydrogens (tertiary/aromatic N) is 1. The lowest BCUT2D eigenvalue weighted by atomic mass is 9.97. The number of amides is 2. The third-order valence-corrected chi connectivity index (χ3v) is 4.94. The largest absolute Gasteiger partial charge is 0.497 e. The Morgan fingerprint density at radius 1 is 1.21 bits per heavy atom. The zero-order chi connectivity index (χ0) is 21.4. The van der Waals surface area contributed by atoms with Crippen LogP contribution in [0.5, 0.6) is 5.75 Å². The molecule has 8 nitrogen and oxygen atoms in total. The molecule has 0 unspecified atom stereocenters. The van der Waals surface area contributed by atoms with Gasteiger partial charge >= 0.3 is 12.1 Å². The number of esters is 1. The first-order chi connectivity index (χ1) is 13.9. The van der Waals surface area contributed by atoms with E-state index in [-0.39, 0.29) is 31.6 Å². The zero-order valence-corrected chi connectivity index (χ0v) is 17.4.